The number of anilines is 2. The molecule has 44 heavy (non-hydrogen) atoms. The van der Waals surface area contributed by atoms with Crippen LogP contribution in [0, 0.1) is 5.82 Å². The average molecular weight is 621 g/mol. The van der Waals surface area contributed by atoms with Crippen LogP contribution in [-0.2, 0) is 21.7 Å². The van der Waals surface area contributed by atoms with E-state index < -0.39 is 21.3 Å². The van der Waals surface area contributed by atoms with Gasteiger partial charge in [0, 0.05) is 39.0 Å². The molecule has 14 heteroatoms. The number of fused-ring (bicyclic) bond motifs is 1. The van der Waals surface area contributed by atoms with Crippen molar-refractivity contribution < 1.29 is 17.6 Å². The normalized spacial score (nSPS) is 17.6. The zero-order valence-corrected chi connectivity index (χ0v) is 25.5. The Kier molecular flexibility index (Phi) is 7.26. The molecular weight excluding hydrogens is 587 g/mol. The third kappa shape index (κ3) is 4.82. The van der Waals surface area contributed by atoms with Crippen LogP contribution in [0.15, 0.2) is 52.8 Å². The van der Waals surface area contributed by atoms with Crippen LogP contribution in [0.1, 0.15) is 37.7 Å². The summed E-state index contributed by atoms with van der Waals surface area (Å²) in [6.45, 7) is 6.43. The second kappa shape index (κ2) is 10.8. The fourth-order valence-corrected chi connectivity index (χ4v) is 7.05. The Labute approximate surface area is 253 Å². The predicted molar refractivity (Wildman–Crippen MR) is 165 cm³/mol. The molecule has 1 aliphatic heterocycles. The highest BCUT2D eigenvalue weighted by atomic mass is 32.2. The summed E-state index contributed by atoms with van der Waals surface area (Å²) in [5, 5.41) is 4.33. The number of hydrogen-bond acceptors (Lipinski definition) is 9. The number of piperazine rings is 1. The first-order chi connectivity index (χ1) is 20.9. The number of hydrogen-bond donors (Lipinski definition) is 1. The van der Waals surface area contributed by atoms with E-state index in [1.807, 2.05) is 17.9 Å². The first-order valence-corrected chi connectivity index (χ1v) is 16.2. The topological polar surface area (TPSA) is 149 Å². The van der Waals surface area contributed by atoms with Crippen LogP contribution >= 0.6 is 0 Å². The number of benzene rings is 1. The van der Waals surface area contributed by atoms with Crippen LogP contribution in [0.2, 0.25) is 0 Å². The quantitative estimate of drug-likeness (QED) is 0.321. The molecule has 0 radical (unpaired) electrons. The number of nitrogen functional groups attached to an aromatic ring is 1. The van der Waals surface area contributed by atoms with Crippen LogP contribution < -0.4 is 16.3 Å². The summed E-state index contributed by atoms with van der Waals surface area (Å²) < 4.78 is 44.9. The Morgan fingerprint density at radius 2 is 1.95 bits per heavy atom. The Hall–Kier alpha value is -4.59. The van der Waals surface area contributed by atoms with Crippen LogP contribution in [0.4, 0.5) is 15.9 Å². The smallest absolute Gasteiger partial charge is 0.355 e. The Bertz CT molecular complexity index is 1980. The van der Waals surface area contributed by atoms with Crippen molar-refractivity contribution in [3.63, 3.8) is 0 Å². The highest BCUT2D eigenvalue weighted by Gasteiger charge is 2.33. The van der Waals surface area contributed by atoms with Gasteiger partial charge in [-0.2, -0.15) is 10.1 Å². The van der Waals surface area contributed by atoms with Gasteiger partial charge in [0.25, 0.3) is 0 Å². The molecule has 1 amide bonds. The summed E-state index contributed by atoms with van der Waals surface area (Å²) in [6.07, 6.45) is 6.37. The van der Waals surface area contributed by atoms with Crippen molar-refractivity contribution in [1.29, 1.82) is 0 Å². The standard InChI is InChI=1S/C30H33FN8O4S/c1-5-24(40)37-12-13-38(17(2)16-37)28-20-14-21(31)25(27-22(32)15-33-36(27)3)34-29(20)39(30(41)35-28)26-19(18-8-6-9-18)10-7-11-23(26)44(4,42)43/h5,7,10-11,14-15,17-18H,1,6,8-9,12-13,16,32H2,2-4H3/t17-/m0/s1. The van der Waals surface area contributed by atoms with Crippen molar-refractivity contribution in [3.8, 4) is 17.1 Å². The molecule has 0 bridgehead atoms. The maximum Gasteiger partial charge on any atom is 0.355 e. The molecular formula is C30H33FN8O4S. The number of carbonyl (C=O) groups excluding carboxylic acids is 1. The van der Waals surface area contributed by atoms with Gasteiger partial charge in [0.1, 0.15) is 17.2 Å². The van der Waals surface area contributed by atoms with Crippen molar-refractivity contribution in [2.75, 3.05) is 36.5 Å². The summed E-state index contributed by atoms with van der Waals surface area (Å²) in [7, 11) is -2.22. The molecule has 1 aliphatic carbocycles. The summed E-state index contributed by atoms with van der Waals surface area (Å²) >= 11 is 0. The van der Waals surface area contributed by atoms with Crippen LogP contribution in [0.5, 0.6) is 0 Å². The zero-order chi connectivity index (χ0) is 31.5. The second-order valence-electron chi connectivity index (χ2n) is 11.4. The van der Waals surface area contributed by atoms with E-state index in [1.165, 1.54) is 33.7 Å². The number of nitrogens with two attached hydrogens (primary N) is 1. The van der Waals surface area contributed by atoms with Gasteiger partial charge in [-0.15, -0.1) is 0 Å². The highest BCUT2D eigenvalue weighted by molar-refractivity contribution is 7.90. The van der Waals surface area contributed by atoms with Crippen molar-refractivity contribution in [2.24, 2.45) is 7.05 Å². The van der Waals surface area contributed by atoms with Gasteiger partial charge in [-0.25, -0.2) is 27.2 Å². The molecule has 1 aromatic carbocycles. The van der Waals surface area contributed by atoms with Crippen molar-refractivity contribution in [2.45, 2.75) is 43.0 Å². The number of amides is 1. The molecule has 0 spiro atoms. The lowest BCUT2D eigenvalue weighted by Gasteiger charge is -2.40. The second-order valence-corrected chi connectivity index (χ2v) is 13.4. The van der Waals surface area contributed by atoms with Gasteiger partial charge in [0.15, 0.2) is 21.3 Å². The number of aromatic nitrogens is 5. The molecule has 2 aliphatic rings. The van der Waals surface area contributed by atoms with Gasteiger partial charge in [-0.3, -0.25) is 9.48 Å². The summed E-state index contributed by atoms with van der Waals surface area (Å²) in [6, 6.07) is 5.91. The van der Waals surface area contributed by atoms with Crippen molar-refractivity contribution in [3.05, 3.63) is 65.0 Å². The fourth-order valence-electron chi connectivity index (χ4n) is 6.16. The molecule has 4 heterocycles. The number of pyridine rings is 1. The van der Waals surface area contributed by atoms with Gasteiger partial charge < -0.3 is 15.5 Å². The van der Waals surface area contributed by atoms with Gasteiger partial charge >= 0.3 is 5.69 Å². The molecule has 1 saturated carbocycles. The summed E-state index contributed by atoms with van der Waals surface area (Å²) in [5.41, 5.74) is 6.54. The van der Waals surface area contributed by atoms with E-state index in [0.29, 0.717) is 25.2 Å². The lowest BCUT2D eigenvalue weighted by Crippen LogP contribution is -2.54. The van der Waals surface area contributed by atoms with Crippen LogP contribution in [0.25, 0.3) is 28.1 Å². The minimum Gasteiger partial charge on any atom is -0.396 e. The first kappa shape index (κ1) is 29.5. The number of nitrogens with zero attached hydrogens (tertiary/aromatic N) is 7. The average Bonchev–Trinajstić information content (AvgIpc) is 3.28. The van der Waals surface area contributed by atoms with Crippen LogP contribution in [0.3, 0.4) is 0 Å². The molecule has 1 atom stereocenters. The van der Waals surface area contributed by atoms with Gasteiger partial charge in [0.2, 0.25) is 5.91 Å². The van der Waals surface area contributed by atoms with E-state index in [-0.39, 0.29) is 62.4 Å². The molecule has 0 unspecified atom stereocenters. The molecule has 1 saturated heterocycles. The third-order valence-corrected chi connectivity index (χ3v) is 9.71. The Balaban J connectivity index is 1.68. The molecule has 4 aromatic rings. The minimum absolute atomic E-state index is 0.0328. The monoisotopic (exact) mass is 620 g/mol. The maximum absolute atomic E-state index is 16.0. The lowest BCUT2D eigenvalue weighted by molar-refractivity contribution is -0.126. The Morgan fingerprint density at radius 1 is 1.20 bits per heavy atom. The molecule has 3 aromatic heterocycles. The molecule has 6 rings (SSSR count). The molecule has 2 fully saturated rings. The van der Waals surface area contributed by atoms with Crippen molar-refractivity contribution >= 4 is 38.3 Å². The molecule has 2 N–H and O–H groups in total. The van der Waals surface area contributed by atoms with Gasteiger partial charge in [0.05, 0.1) is 27.9 Å². The summed E-state index contributed by atoms with van der Waals surface area (Å²) in [4.78, 5) is 39.0. The predicted octanol–water partition coefficient (Wildman–Crippen LogP) is 2.80. The van der Waals surface area contributed by atoms with E-state index in [9.17, 15) is 18.0 Å². The minimum atomic E-state index is -3.82. The number of para-hydroxylation sites is 1. The van der Waals surface area contributed by atoms with E-state index >= 15 is 4.39 Å². The molecule has 230 valence electrons. The largest absolute Gasteiger partial charge is 0.396 e. The number of carbonyl (C=O) groups is 1. The van der Waals surface area contributed by atoms with E-state index in [1.54, 1.807) is 18.0 Å². The number of sulfone groups is 1. The lowest BCUT2D eigenvalue weighted by atomic mass is 9.79. The number of rotatable bonds is 6. The fraction of sp³-hybridized carbons (Fsp3) is 0.367. The van der Waals surface area contributed by atoms with Crippen LogP contribution in [-0.4, -0.2) is 75.5 Å². The van der Waals surface area contributed by atoms with Crippen molar-refractivity contribution in [1.82, 2.24) is 29.2 Å². The first-order valence-electron chi connectivity index (χ1n) is 14.3. The third-order valence-electron chi connectivity index (χ3n) is 8.58. The SMILES string of the molecule is C=CC(=O)N1CCN(c2nc(=O)n(-c3c(C4CCC4)cccc3S(C)(=O)=O)c3nc(-c4c(N)cnn4C)c(F)cc23)[C@@H](C)C1. The number of aryl methyl sites for hydroxylation is 1. The zero-order valence-electron chi connectivity index (χ0n) is 24.7. The van der Waals surface area contributed by atoms with Gasteiger partial charge in [-0.1, -0.05) is 25.1 Å². The van der Waals surface area contributed by atoms with E-state index in [4.69, 9.17) is 5.73 Å². The summed E-state index contributed by atoms with van der Waals surface area (Å²) in [5.74, 6) is -0.699. The van der Waals surface area contributed by atoms with E-state index in [2.05, 4.69) is 21.6 Å². The highest BCUT2D eigenvalue weighted by Crippen LogP contribution is 2.42. The Morgan fingerprint density at radius 3 is 2.55 bits per heavy atom. The number of halogens is 1. The van der Waals surface area contributed by atoms with E-state index in [0.717, 1.165) is 25.5 Å². The van der Waals surface area contributed by atoms with Gasteiger partial charge in [-0.05, 0) is 49.5 Å². The molecule has 12 nitrogen and oxygen atoms in total. The maximum atomic E-state index is 16.0.